The molecular formula is C20H24N6O4S. The SMILES string of the molecule is Cc1cc(C)n(-c2ccc(CNC(=O)C3=NN([C@H]4CCS(=O)(=O)C4)C(=O)CC3)cn2)n1. The Morgan fingerprint density at radius 3 is 2.68 bits per heavy atom. The number of hydrogen-bond donors (Lipinski definition) is 1. The second-order valence-electron chi connectivity index (χ2n) is 7.89. The highest BCUT2D eigenvalue weighted by molar-refractivity contribution is 7.91. The topological polar surface area (TPSA) is 127 Å². The van der Waals surface area contributed by atoms with Crippen LogP contribution in [0.2, 0.25) is 0 Å². The fraction of sp³-hybridized carbons (Fsp3) is 0.450. The molecule has 4 heterocycles. The minimum Gasteiger partial charge on any atom is -0.347 e. The van der Waals surface area contributed by atoms with Crippen molar-refractivity contribution in [3.05, 3.63) is 41.3 Å². The van der Waals surface area contributed by atoms with Crippen LogP contribution in [0.5, 0.6) is 0 Å². The number of amides is 2. The van der Waals surface area contributed by atoms with Crippen LogP contribution in [0, 0.1) is 13.8 Å². The van der Waals surface area contributed by atoms with Crippen LogP contribution >= 0.6 is 0 Å². The van der Waals surface area contributed by atoms with Crippen LogP contribution in [0.15, 0.2) is 29.5 Å². The molecule has 1 saturated heterocycles. The molecule has 164 valence electrons. The quantitative estimate of drug-likeness (QED) is 0.722. The van der Waals surface area contributed by atoms with E-state index >= 15 is 0 Å². The minimum atomic E-state index is -3.15. The summed E-state index contributed by atoms with van der Waals surface area (Å²) in [7, 11) is -3.15. The number of aromatic nitrogens is 3. The molecule has 2 aliphatic heterocycles. The largest absolute Gasteiger partial charge is 0.347 e. The average Bonchev–Trinajstić information content (AvgIpc) is 3.27. The first-order valence-corrected chi connectivity index (χ1v) is 11.9. The first-order chi connectivity index (χ1) is 14.7. The normalized spacial score (nSPS) is 20.6. The lowest BCUT2D eigenvalue weighted by Gasteiger charge is -2.27. The van der Waals surface area contributed by atoms with E-state index in [9.17, 15) is 18.0 Å². The van der Waals surface area contributed by atoms with E-state index in [2.05, 4.69) is 20.5 Å². The van der Waals surface area contributed by atoms with Crippen LogP contribution in [0.4, 0.5) is 0 Å². The number of pyridine rings is 1. The van der Waals surface area contributed by atoms with Crippen molar-refractivity contribution in [3.8, 4) is 5.82 Å². The van der Waals surface area contributed by atoms with E-state index in [1.807, 2.05) is 32.0 Å². The zero-order valence-corrected chi connectivity index (χ0v) is 18.2. The maximum absolute atomic E-state index is 12.6. The number of hydrazone groups is 1. The van der Waals surface area contributed by atoms with E-state index in [-0.39, 0.29) is 48.4 Å². The second-order valence-corrected chi connectivity index (χ2v) is 10.1. The highest BCUT2D eigenvalue weighted by Gasteiger charge is 2.37. The van der Waals surface area contributed by atoms with Crippen LogP contribution in [-0.4, -0.2) is 63.3 Å². The van der Waals surface area contributed by atoms with E-state index in [0.29, 0.717) is 12.2 Å². The molecule has 0 aromatic carbocycles. The molecule has 2 aliphatic rings. The molecule has 10 nitrogen and oxygen atoms in total. The fourth-order valence-electron chi connectivity index (χ4n) is 3.78. The number of rotatable bonds is 5. The van der Waals surface area contributed by atoms with Crippen molar-refractivity contribution in [1.29, 1.82) is 0 Å². The van der Waals surface area contributed by atoms with E-state index < -0.39 is 15.9 Å². The lowest BCUT2D eigenvalue weighted by Crippen LogP contribution is -2.43. The number of nitrogens with zero attached hydrogens (tertiary/aromatic N) is 5. The van der Waals surface area contributed by atoms with Gasteiger partial charge in [0, 0.05) is 31.3 Å². The van der Waals surface area contributed by atoms with Gasteiger partial charge in [0.05, 0.1) is 23.2 Å². The van der Waals surface area contributed by atoms with Gasteiger partial charge in [0.1, 0.15) is 5.71 Å². The lowest BCUT2D eigenvalue weighted by atomic mass is 10.1. The number of carbonyl (C=O) groups is 2. The van der Waals surface area contributed by atoms with Crippen LogP contribution in [0.3, 0.4) is 0 Å². The third-order valence-electron chi connectivity index (χ3n) is 5.36. The highest BCUT2D eigenvalue weighted by atomic mass is 32.2. The van der Waals surface area contributed by atoms with Gasteiger partial charge in [-0.2, -0.15) is 10.2 Å². The van der Waals surface area contributed by atoms with E-state index in [0.717, 1.165) is 17.0 Å². The summed E-state index contributed by atoms with van der Waals surface area (Å²) in [4.78, 5) is 29.2. The summed E-state index contributed by atoms with van der Waals surface area (Å²) >= 11 is 0. The molecule has 1 atom stereocenters. The maximum atomic E-state index is 12.6. The smallest absolute Gasteiger partial charge is 0.267 e. The predicted molar refractivity (Wildman–Crippen MR) is 113 cm³/mol. The Kier molecular flexibility index (Phi) is 5.61. The Hall–Kier alpha value is -3.08. The number of carbonyl (C=O) groups excluding carboxylic acids is 2. The molecule has 0 bridgehead atoms. The van der Waals surface area contributed by atoms with Gasteiger partial charge in [-0.3, -0.25) is 9.59 Å². The third-order valence-corrected chi connectivity index (χ3v) is 7.12. The van der Waals surface area contributed by atoms with Crippen molar-refractivity contribution in [2.45, 2.75) is 45.7 Å². The van der Waals surface area contributed by atoms with Crippen LogP contribution in [0.1, 0.15) is 36.2 Å². The molecule has 0 spiro atoms. The molecule has 2 aromatic heterocycles. The monoisotopic (exact) mass is 444 g/mol. The fourth-order valence-corrected chi connectivity index (χ4v) is 5.47. The Morgan fingerprint density at radius 1 is 1.26 bits per heavy atom. The predicted octanol–water partition coefficient (Wildman–Crippen LogP) is 0.666. The van der Waals surface area contributed by atoms with E-state index in [4.69, 9.17) is 0 Å². The molecule has 0 unspecified atom stereocenters. The molecule has 1 fully saturated rings. The maximum Gasteiger partial charge on any atom is 0.267 e. The summed E-state index contributed by atoms with van der Waals surface area (Å²) in [5.41, 5.74) is 2.93. The minimum absolute atomic E-state index is 0.0408. The van der Waals surface area contributed by atoms with Crippen LogP contribution < -0.4 is 5.32 Å². The van der Waals surface area contributed by atoms with Gasteiger partial charge >= 0.3 is 0 Å². The van der Waals surface area contributed by atoms with Gasteiger partial charge in [0.15, 0.2) is 15.7 Å². The van der Waals surface area contributed by atoms with Crippen molar-refractivity contribution in [3.63, 3.8) is 0 Å². The third kappa shape index (κ3) is 4.66. The number of nitrogens with one attached hydrogen (secondary N) is 1. The van der Waals surface area contributed by atoms with Crippen molar-refractivity contribution in [1.82, 2.24) is 25.1 Å². The van der Waals surface area contributed by atoms with Crippen molar-refractivity contribution >= 4 is 27.4 Å². The summed E-state index contributed by atoms with van der Waals surface area (Å²) in [6.45, 7) is 4.13. The molecule has 0 saturated carbocycles. The zero-order valence-electron chi connectivity index (χ0n) is 17.4. The number of sulfone groups is 1. The summed E-state index contributed by atoms with van der Waals surface area (Å²) in [5.74, 6) is 0.00495. The van der Waals surface area contributed by atoms with E-state index in [1.165, 1.54) is 5.01 Å². The van der Waals surface area contributed by atoms with Gasteiger partial charge in [-0.1, -0.05) is 6.07 Å². The Labute approximate surface area is 180 Å². The van der Waals surface area contributed by atoms with Gasteiger partial charge in [0.2, 0.25) is 5.91 Å². The lowest BCUT2D eigenvalue weighted by molar-refractivity contribution is -0.133. The standard InChI is InChI=1S/C20H24N6O4S/c1-13-9-14(2)25(23-13)18-5-3-15(10-21-18)11-22-20(28)17-4-6-19(27)26(24-17)16-7-8-31(29,30)12-16/h3,5,9-10,16H,4,6-8,11-12H2,1-2H3,(H,22,28)/t16-/m0/s1. The molecule has 4 rings (SSSR count). The average molecular weight is 445 g/mol. The highest BCUT2D eigenvalue weighted by Crippen LogP contribution is 2.22. The summed E-state index contributed by atoms with van der Waals surface area (Å²) in [6, 6.07) is 5.17. The van der Waals surface area contributed by atoms with Crippen molar-refractivity contribution in [2.24, 2.45) is 5.10 Å². The molecule has 0 aliphatic carbocycles. The van der Waals surface area contributed by atoms with Gasteiger partial charge < -0.3 is 5.32 Å². The molecule has 1 N–H and O–H groups in total. The molecule has 2 amide bonds. The van der Waals surface area contributed by atoms with Crippen molar-refractivity contribution in [2.75, 3.05) is 11.5 Å². The molecule has 11 heteroatoms. The molecule has 2 aromatic rings. The van der Waals surface area contributed by atoms with Gasteiger partial charge in [-0.15, -0.1) is 0 Å². The summed E-state index contributed by atoms with van der Waals surface area (Å²) in [6.07, 6.45) is 2.39. The van der Waals surface area contributed by atoms with Gasteiger partial charge in [-0.25, -0.2) is 23.1 Å². The van der Waals surface area contributed by atoms with E-state index in [1.54, 1.807) is 10.9 Å². The van der Waals surface area contributed by atoms with Gasteiger partial charge in [-0.05, 0) is 38.0 Å². The molecular weight excluding hydrogens is 420 g/mol. The summed E-state index contributed by atoms with van der Waals surface area (Å²) in [5, 5.41) is 12.6. The Balaban J connectivity index is 1.39. The van der Waals surface area contributed by atoms with Crippen LogP contribution in [-0.2, 0) is 26.0 Å². The second kappa shape index (κ2) is 8.22. The Bertz CT molecular complexity index is 1150. The molecule has 0 radical (unpaired) electrons. The first-order valence-electron chi connectivity index (χ1n) is 10.1. The summed E-state index contributed by atoms with van der Waals surface area (Å²) < 4.78 is 25.2. The zero-order chi connectivity index (χ0) is 22.2. The number of aryl methyl sites for hydroxylation is 2. The Morgan fingerprint density at radius 2 is 2.06 bits per heavy atom. The van der Waals surface area contributed by atoms with Crippen LogP contribution in [0.25, 0.3) is 5.82 Å². The van der Waals surface area contributed by atoms with Gasteiger partial charge in [0.25, 0.3) is 5.91 Å². The van der Waals surface area contributed by atoms with Crippen molar-refractivity contribution < 1.29 is 18.0 Å². The number of hydrogen-bond acceptors (Lipinski definition) is 7. The first kappa shape index (κ1) is 21.2. The molecule has 31 heavy (non-hydrogen) atoms.